The number of hydrogen-bond donors (Lipinski definition) is 0. The number of nitrogens with zero attached hydrogens (tertiary/aromatic N) is 3. The van der Waals surface area contributed by atoms with E-state index in [1.807, 2.05) is 33.3 Å². The molecule has 1 unspecified atom stereocenters. The second kappa shape index (κ2) is 11.2. The molecule has 0 saturated carbocycles. The maximum absolute atomic E-state index is 4.08. The van der Waals surface area contributed by atoms with E-state index < -0.39 is 0 Å². The van der Waals surface area contributed by atoms with Crippen molar-refractivity contribution in [3.8, 4) is 0 Å². The summed E-state index contributed by atoms with van der Waals surface area (Å²) in [5.41, 5.74) is 0. The molecule has 2 heterocycles. The zero-order valence-corrected chi connectivity index (χ0v) is 17.0. The molecule has 0 N–H and O–H groups in total. The van der Waals surface area contributed by atoms with Crippen LogP contribution in [0.2, 0.25) is 0 Å². The van der Waals surface area contributed by atoms with Crippen molar-refractivity contribution in [2.24, 2.45) is 0 Å². The molecule has 1 fully saturated rings. The largest absolute Gasteiger partial charge is 1.00 e. The second-order valence-electron chi connectivity index (χ2n) is 1.83. The first-order chi connectivity index (χ1) is 5.47. The van der Waals surface area contributed by atoms with Crippen LogP contribution in [0.5, 0.6) is 0 Å². The average Bonchev–Trinajstić information content (AvgIpc) is 2.58. The van der Waals surface area contributed by atoms with Crippen LogP contribution in [0.25, 0.3) is 0 Å². The van der Waals surface area contributed by atoms with E-state index >= 15 is 0 Å². The fourth-order valence-electron chi connectivity index (χ4n) is 0.694. The van der Waals surface area contributed by atoms with Crippen LogP contribution in [-0.4, -0.2) is 20.0 Å². The summed E-state index contributed by atoms with van der Waals surface area (Å²) < 4.78 is 0.406. The van der Waals surface area contributed by atoms with Gasteiger partial charge in [0.2, 0.25) is 0 Å². The molecule has 64 valence electrons. The molecular formula is C5H8N3Na3S3. The van der Waals surface area contributed by atoms with Gasteiger partial charge in [-0.1, -0.05) is 21.6 Å². The van der Waals surface area contributed by atoms with Crippen molar-refractivity contribution in [3.05, 3.63) is 18.5 Å². The Bertz CT molecular complexity index is 246. The monoisotopic (exact) mass is 275 g/mol. The first-order valence-corrected chi connectivity index (χ1v) is 6.41. The van der Waals surface area contributed by atoms with Gasteiger partial charge < -0.3 is 4.28 Å². The van der Waals surface area contributed by atoms with Crippen LogP contribution < -0.4 is 88.7 Å². The molecule has 1 aliphatic rings. The molecule has 9 heteroatoms. The quantitative estimate of drug-likeness (QED) is 0.375. The fraction of sp³-hybridized carbons (Fsp3) is 0.400. The molecule has 1 aromatic rings. The van der Waals surface area contributed by atoms with Gasteiger partial charge in [0.15, 0.2) is 5.82 Å². The van der Waals surface area contributed by atoms with Gasteiger partial charge in [-0.15, -0.1) is 11.8 Å². The summed E-state index contributed by atoms with van der Waals surface area (Å²) in [6.07, 6.45) is 3.10. The molecule has 1 aromatic heterocycles. The Morgan fingerprint density at radius 1 is 1.21 bits per heavy atom. The van der Waals surface area contributed by atoms with E-state index in [1.54, 1.807) is 12.7 Å². The number of rotatable bonds is 1. The van der Waals surface area contributed by atoms with E-state index in [0.29, 0.717) is 4.58 Å². The van der Waals surface area contributed by atoms with Crippen LogP contribution >= 0.6 is 33.3 Å². The summed E-state index contributed by atoms with van der Waals surface area (Å²) >= 11 is 1.87. The van der Waals surface area contributed by atoms with Crippen LogP contribution in [0.15, 0.2) is 12.7 Å². The van der Waals surface area contributed by atoms with E-state index in [4.69, 9.17) is 0 Å². The SMILES string of the molecule is [H-].[H-].[H-].[Na+].[Na+].[Na+].c1ncnc(C2SCSS2)n1. The zero-order chi connectivity index (χ0) is 7.52. The molecule has 0 amide bonds. The van der Waals surface area contributed by atoms with Gasteiger partial charge in [0, 0.05) is 0 Å². The number of aromatic nitrogens is 3. The maximum Gasteiger partial charge on any atom is 1.00 e. The number of thioether (sulfide) groups is 1. The van der Waals surface area contributed by atoms with Crippen LogP contribution in [0.4, 0.5) is 0 Å². The molecule has 0 aromatic carbocycles. The summed E-state index contributed by atoms with van der Waals surface area (Å²) in [6, 6.07) is 0. The molecule has 0 bridgehead atoms. The van der Waals surface area contributed by atoms with Crippen LogP contribution in [-0.2, 0) is 0 Å². The first-order valence-electron chi connectivity index (χ1n) is 2.98. The Labute approximate surface area is 166 Å². The molecule has 0 spiro atoms. The summed E-state index contributed by atoms with van der Waals surface area (Å²) in [5, 5.41) is 1.13. The minimum atomic E-state index is 0. The van der Waals surface area contributed by atoms with Crippen molar-refractivity contribution in [2.45, 2.75) is 4.58 Å². The fourth-order valence-corrected chi connectivity index (χ4v) is 5.59. The predicted molar refractivity (Wildman–Crippen MR) is 53.5 cm³/mol. The smallest absolute Gasteiger partial charge is 1.00 e. The van der Waals surface area contributed by atoms with Crippen molar-refractivity contribution in [3.63, 3.8) is 0 Å². The molecule has 1 aliphatic heterocycles. The molecule has 0 radical (unpaired) electrons. The van der Waals surface area contributed by atoms with E-state index in [1.165, 1.54) is 0 Å². The molecule has 2 rings (SSSR count). The summed E-state index contributed by atoms with van der Waals surface area (Å²) in [4.78, 5) is 11.9. The number of hydrogen-bond acceptors (Lipinski definition) is 6. The Morgan fingerprint density at radius 3 is 2.36 bits per heavy atom. The van der Waals surface area contributed by atoms with Crippen molar-refractivity contribution < 1.29 is 93.0 Å². The van der Waals surface area contributed by atoms with Crippen LogP contribution in [0.3, 0.4) is 0 Å². The van der Waals surface area contributed by atoms with Crippen molar-refractivity contribution >= 4 is 33.3 Å². The third-order valence-corrected chi connectivity index (χ3v) is 6.03. The third-order valence-electron chi connectivity index (χ3n) is 1.15. The van der Waals surface area contributed by atoms with Gasteiger partial charge in [0.1, 0.15) is 17.2 Å². The predicted octanol–water partition coefficient (Wildman–Crippen LogP) is -6.69. The molecule has 1 saturated heterocycles. The van der Waals surface area contributed by atoms with Crippen molar-refractivity contribution in [2.75, 3.05) is 5.08 Å². The normalized spacial score (nSPS) is 18.7. The zero-order valence-electron chi connectivity index (χ0n) is 11.5. The molecule has 14 heavy (non-hydrogen) atoms. The summed E-state index contributed by atoms with van der Waals surface area (Å²) in [6.45, 7) is 0. The van der Waals surface area contributed by atoms with Gasteiger partial charge >= 0.3 is 88.7 Å². The van der Waals surface area contributed by atoms with Gasteiger partial charge in [-0.3, -0.25) is 0 Å². The van der Waals surface area contributed by atoms with E-state index in [-0.39, 0.29) is 93.0 Å². The third kappa shape index (κ3) is 6.12. The minimum Gasteiger partial charge on any atom is -1.00 e. The maximum atomic E-state index is 4.08. The summed E-state index contributed by atoms with van der Waals surface area (Å²) in [5.74, 6) is 0.889. The van der Waals surface area contributed by atoms with E-state index in [9.17, 15) is 0 Å². The van der Waals surface area contributed by atoms with E-state index in [0.717, 1.165) is 10.9 Å². The Morgan fingerprint density at radius 2 is 1.86 bits per heavy atom. The first kappa shape index (κ1) is 19.4. The average molecular weight is 275 g/mol. The Kier molecular flexibility index (Phi) is 15.5. The molecular weight excluding hydrogens is 267 g/mol. The van der Waals surface area contributed by atoms with Gasteiger partial charge in [-0.2, -0.15) is 0 Å². The minimum absolute atomic E-state index is 0. The van der Waals surface area contributed by atoms with Gasteiger partial charge in [0.05, 0.1) is 5.08 Å². The standard InChI is InChI=1S/C5H5N3S3.3Na.3H/c1-6-2-8-4(7-1)5-9-3-10-11-5;;;;;;/h1-2,5H,3H2;;;;;;/q;3*+1;3*-1. The second-order valence-corrected chi connectivity index (χ2v) is 6.06. The van der Waals surface area contributed by atoms with Crippen LogP contribution in [0, 0.1) is 0 Å². The molecule has 1 atom stereocenters. The summed E-state index contributed by atoms with van der Waals surface area (Å²) in [7, 11) is 3.68. The molecule has 0 aliphatic carbocycles. The van der Waals surface area contributed by atoms with Crippen LogP contribution in [0.1, 0.15) is 14.7 Å². The van der Waals surface area contributed by atoms with Crippen molar-refractivity contribution in [1.82, 2.24) is 15.0 Å². The topological polar surface area (TPSA) is 38.7 Å². The van der Waals surface area contributed by atoms with Crippen molar-refractivity contribution in [1.29, 1.82) is 0 Å². The molecule has 3 nitrogen and oxygen atoms in total. The van der Waals surface area contributed by atoms with Gasteiger partial charge in [-0.05, 0) is 0 Å². The Hall–Kier alpha value is 3.06. The van der Waals surface area contributed by atoms with Gasteiger partial charge in [0.25, 0.3) is 0 Å². The van der Waals surface area contributed by atoms with E-state index in [2.05, 4.69) is 15.0 Å². The van der Waals surface area contributed by atoms with Gasteiger partial charge in [-0.25, -0.2) is 15.0 Å². The Balaban J connectivity index is -0.0000000800.